The van der Waals surface area contributed by atoms with Crippen LogP contribution in [0.4, 0.5) is 0 Å². The largest absolute Gasteiger partial charge is 0.264 e. The first-order chi connectivity index (χ1) is 15.7. The van der Waals surface area contributed by atoms with Gasteiger partial charge in [0, 0.05) is 24.0 Å². The van der Waals surface area contributed by atoms with E-state index < -0.39 is 0 Å². The van der Waals surface area contributed by atoms with E-state index in [9.17, 15) is 0 Å². The molecule has 7 rings (SSSR count). The van der Waals surface area contributed by atoms with Crippen LogP contribution in [0.15, 0.2) is 73.2 Å². The highest BCUT2D eigenvalue weighted by Gasteiger charge is 2.36. The number of rotatable bonds is 3. The van der Waals surface area contributed by atoms with Crippen LogP contribution in [-0.4, -0.2) is 4.98 Å². The second-order valence-electron chi connectivity index (χ2n) is 10.0. The monoisotopic (exact) mass is 419 g/mol. The Morgan fingerprint density at radius 2 is 1.78 bits per heavy atom. The number of fused-ring (bicyclic) bond motifs is 4. The molecule has 3 aliphatic carbocycles. The maximum Gasteiger partial charge on any atom is 0.220 e. The van der Waals surface area contributed by atoms with Gasteiger partial charge < -0.3 is 0 Å². The van der Waals surface area contributed by atoms with Crippen molar-refractivity contribution in [1.82, 2.24) is 4.98 Å². The summed E-state index contributed by atoms with van der Waals surface area (Å²) in [6.45, 7) is 2.22. The fourth-order valence-electron chi connectivity index (χ4n) is 6.33. The summed E-state index contributed by atoms with van der Waals surface area (Å²) < 4.78 is 2.28. The molecule has 0 saturated heterocycles. The summed E-state index contributed by atoms with van der Waals surface area (Å²) in [4.78, 5) is 4.32. The molecule has 1 unspecified atom stereocenters. The zero-order chi connectivity index (χ0) is 21.7. The number of nitrogens with zero attached hydrogens (tertiary/aromatic N) is 2. The molecule has 2 aromatic heterocycles. The van der Waals surface area contributed by atoms with Crippen LogP contribution in [0.1, 0.15) is 49.1 Å². The van der Waals surface area contributed by atoms with E-state index in [-0.39, 0.29) is 0 Å². The van der Waals surface area contributed by atoms with Gasteiger partial charge in [0.15, 0.2) is 6.20 Å². The second-order valence-corrected chi connectivity index (χ2v) is 10.0. The highest BCUT2D eigenvalue weighted by atomic mass is 14.9. The molecule has 2 heterocycles. The summed E-state index contributed by atoms with van der Waals surface area (Å²) in [5.74, 6) is 2.62. The van der Waals surface area contributed by atoms with Gasteiger partial charge in [0.05, 0.1) is 10.9 Å². The molecular formula is C30H31N2+. The van der Waals surface area contributed by atoms with Gasteiger partial charge in [-0.1, -0.05) is 43.2 Å². The van der Waals surface area contributed by atoms with Crippen molar-refractivity contribution in [3.05, 3.63) is 84.3 Å². The predicted molar refractivity (Wildman–Crippen MR) is 131 cm³/mol. The van der Waals surface area contributed by atoms with E-state index in [1.54, 1.807) is 5.56 Å². The Labute approximate surface area is 191 Å². The minimum Gasteiger partial charge on any atom is -0.264 e. The lowest BCUT2D eigenvalue weighted by molar-refractivity contribution is -0.659. The third kappa shape index (κ3) is 3.33. The molecular weight excluding hydrogens is 388 g/mol. The van der Waals surface area contributed by atoms with E-state index in [0.717, 1.165) is 23.3 Å². The Bertz CT molecular complexity index is 1280. The first-order valence-corrected chi connectivity index (χ1v) is 12.1. The summed E-state index contributed by atoms with van der Waals surface area (Å²) in [7, 11) is 2.17. The van der Waals surface area contributed by atoms with Crippen molar-refractivity contribution in [2.75, 3.05) is 0 Å². The molecule has 0 amide bonds. The van der Waals surface area contributed by atoms with Crippen LogP contribution in [0.3, 0.4) is 0 Å². The van der Waals surface area contributed by atoms with Crippen LogP contribution in [0.2, 0.25) is 0 Å². The van der Waals surface area contributed by atoms with Gasteiger partial charge >= 0.3 is 0 Å². The van der Waals surface area contributed by atoms with Crippen molar-refractivity contribution in [1.29, 1.82) is 0 Å². The Morgan fingerprint density at radius 3 is 2.53 bits per heavy atom. The highest BCUT2D eigenvalue weighted by Crippen LogP contribution is 2.50. The molecule has 1 atom stereocenters. The highest BCUT2D eigenvalue weighted by molar-refractivity contribution is 5.94. The molecule has 3 aliphatic rings. The lowest BCUT2D eigenvalue weighted by Gasteiger charge is -2.42. The lowest BCUT2D eigenvalue weighted by Crippen LogP contribution is -2.31. The summed E-state index contributed by atoms with van der Waals surface area (Å²) in [5.41, 5.74) is 7.82. The summed E-state index contributed by atoms with van der Waals surface area (Å²) in [6.07, 6.45) is 13.2. The molecule has 0 N–H and O–H groups in total. The topological polar surface area (TPSA) is 16.8 Å². The fraction of sp³-hybridized carbons (Fsp3) is 0.333. The molecule has 32 heavy (non-hydrogen) atoms. The maximum atomic E-state index is 4.32. The van der Waals surface area contributed by atoms with Gasteiger partial charge in [-0.05, 0) is 84.2 Å². The summed E-state index contributed by atoms with van der Waals surface area (Å²) in [5, 5.41) is 2.70. The summed E-state index contributed by atoms with van der Waals surface area (Å²) >= 11 is 0. The van der Waals surface area contributed by atoms with Gasteiger partial charge in [-0.15, -0.1) is 0 Å². The second kappa shape index (κ2) is 7.85. The van der Waals surface area contributed by atoms with Crippen LogP contribution in [0, 0.1) is 18.8 Å². The maximum absolute atomic E-state index is 4.32. The van der Waals surface area contributed by atoms with Crippen LogP contribution < -0.4 is 4.57 Å². The van der Waals surface area contributed by atoms with Crippen LogP contribution >= 0.6 is 0 Å². The number of aryl methyl sites for hydroxylation is 2. The number of aromatic nitrogens is 2. The predicted octanol–water partition coefficient (Wildman–Crippen LogP) is 7.00. The first-order valence-electron chi connectivity index (χ1n) is 12.1. The Hall–Kier alpha value is -3.00. The molecule has 3 fully saturated rings. The van der Waals surface area contributed by atoms with Gasteiger partial charge in [0.2, 0.25) is 5.69 Å². The molecule has 2 nitrogen and oxygen atoms in total. The fourth-order valence-corrected chi connectivity index (χ4v) is 6.33. The average molecular weight is 420 g/mol. The van der Waals surface area contributed by atoms with Crippen molar-refractivity contribution in [3.63, 3.8) is 0 Å². The van der Waals surface area contributed by atoms with E-state index in [0.29, 0.717) is 0 Å². The van der Waals surface area contributed by atoms with E-state index in [1.807, 2.05) is 18.5 Å². The van der Waals surface area contributed by atoms with Crippen molar-refractivity contribution < 1.29 is 4.57 Å². The van der Waals surface area contributed by atoms with E-state index in [4.69, 9.17) is 0 Å². The zero-order valence-electron chi connectivity index (χ0n) is 19.1. The molecule has 4 aromatic rings. The standard InChI is InChI=1S/C30H31N2/c1-20-5-8-23(26-4-3-14-31-19-26)18-28(20)30-27-12-11-24(17-25(27)13-15-32(30)2)29-16-21-6-9-22(29)10-7-21/h3-5,8,11-15,17-19,21-22,29H,6-7,9-10,16H2,1-2H3/q+1. The Morgan fingerprint density at radius 1 is 0.906 bits per heavy atom. The van der Waals surface area contributed by atoms with E-state index in [1.165, 1.54) is 65.3 Å². The van der Waals surface area contributed by atoms with Crippen LogP contribution in [0.25, 0.3) is 33.2 Å². The van der Waals surface area contributed by atoms with E-state index in [2.05, 4.69) is 78.3 Å². The molecule has 2 aromatic carbocycles. The molecule has 160 valence electrons. The van der Waals surface area contributed by atoms with Gasteiger partial charge in [-0.3, -0.25) is 4.98 Å². The summed E-state index contributed by atoms with van der Waals surface area (Å²) in [6, 6.07) is 20.5. The molecule has 2 bridgehead atoms. The lowest BCUT2D eigenvalue weighted by atomic mass is 9.63. The molecule has 3 saturated carbocycles. The third-order valence-corrected chi connectivity index (χ3v) is 8.12. The zero-order valence-corrected chi connectivity index (χ0v) is 19.1. The van der Waals surface area contributed by atoms with Crippen LogP contribution in [0.5, 0.6) is 0 Å². The van der Waals surface area contributed by atoms with Crippen molar-refractivity contribution >= 4 is 10.8 Å². The number of hydrogen-bond acceptors (Lipinski definition) is 1. The van der Waals surface area contributed by atoms with Crippen molar-refractivity contribution in [2.45, 2.75) is 44.9 Å². The molecule has 2 heteroatoms. The number of hydrogen-bond donors (Lipinski definition) is 0. The minimum atomic E-state index is 0.764. The molecule has 0 aliphatic heterocycles. The van der Waals surface area contributed by atoms with Crippen LogP contribution in [-0.2, 0) is 7.05 Å². The number of pyridine rings is 2. The van der Waals surface area contributed by atoms with E-state index >= 15 is 0 Å². The van der Waals surface area contributed by atoms with Gasteiger partial charge in [0.1, 0.15) is 7.05 Å². The normalized spacial score (nSPS) is 22.4. The third-order valence-electron chi connectivity index (χ3n) is 8.12. The smallest absolute Gasteiger partial charge is 0.220 e. The SMILES string of the molecule is Cc1ccc(-c2cccnc2)cc1-c1c2ccc(C3CC4CCC3CC4)cc2cc[n+]1C. The quantitative estimate of drug-likeness (QED) is 0.327. The van der Waals surface area contributed by atoms with Gasteiger partial charge in [-0.25, -0.2) is 4.57 Å². The number of benzene rings is 2. The Balaban J connectivity index is 1.46. The minimum absolute atomic E-state index is 0.764. The van der Waals surface area contributed by atoms with Gasteiger partial charge in [0.25, 0.3) is 0 Å². The van der Waals surface area contributed by atoms with Crippen molar-refractivity contribution in [3.8, 4) is 22.4 Å². The first kappa shape index (κ1) is 19.7. The van der Waals surface area contributed by atoms with Crippen molar-refractivity contribution in [2.24, 2.45) is 18.9 Å². The van der Waals surface area contributed by atoms with Gasteiger partial charge in [-0.2, -0.15) is 0 Å². The Kier molecular flexibility index (Phi) is 4.82. The average Bonchev–Trinajstić information content (AvgIpc) is 2.85. The molecule has 0 spiro atoms. The molecule has 0 radical (unpaired) electrons.